The number of halogens is 4. The molecule has 9 heteroatoms. The summed E-state index contributed by atoms with van der Waals surface area (Å²) in [5.41, 5.74) is -0.0460. The van der Waals surface area contributed by atoms with Crippen LogP contribution in [0.4, 0.5) is 23.7 Å². The van der Waals surface area contributed by atoms with E-state index in [1.54, 1.807) is 7.05 Å². The molecular weight excluding hydrogens is 467 g/mol. The molecule has 184 valence electrons. The zero-order valence-corrected chi connectivity index (χ0v) is 19.8. The maximum absolute atomic E-state index is 13.2. The highest BCUT2D eigenvalue weighted by Gasteiger charge is 2.35. The Morgan fingerprint density at radius 1 is 1.15 bits per heavy atom. The van der Waals surface area contributed by atoms with Crippen LogP contribution >= 0.6 is 11.6 Å². The standard InChI is InChI=1S/C25H29ClF3N3O2/c1-31(24(33)30-21-9-3-2-8-20(21)25(27,28)29)15-17-13-19(14-17)34-22-10-6-7-18(23(22)26)16-32-11-4-5-12-32/h2-3,6-10,17,19H,4-5,11-16H2,1H3,(H,30,33). The molecular formula is C25H29ClF3N3O2. The molecule has 1 saturated heterocycles. The lowest BCUT2D eigenvalue weighted by Crippen LogP contribution is -2.43. The first-order valence-electron chi connectivity index (χ1n) is 11.6. The normalized spacial score (nSPS) is 20.6. The summed E-state index contributed by atoms with van der Waals surface area (Å²) in [6.45, 7) is 3.44. The fourth-order valence-corrected chi connectivity index (χ4v) is 4.80. The summed E-state index contributed by atoms with van der Waals surface area (Å²) in [5.74, 6) is 0.891. The minimum Gasteiger partial charge on any atom is -0.489 e. The Labute approximate surface area is 202 Å². The molecule has 1 heterocycles. The summed E-state index contributed by atoms with van der Waals surface area (Å²) in [7, 11) is 1.58. The largest absolute Gasteiger partial charge is 0.489 e. The zero-order chi connectivity index (χ0) is 24.3. The van der Waals surface area contributed by atoms with Gasteiger partial charge in [-0.3, -0.25) is 4.90 Å². The van der Waals surface area contributed by atoms with Gasteiger partial charge in [0.05, 0.1) is 22.4 Å². The van der Waals surface area contributed by atoms with Gasteiger partial charge in [-0.1, -0.05) is 35.9 Å². The van der Waals surface area contributed by atoms with Gasteiger partial charge in [0.15, 0.2) is 0 Å². The first-order valence-corrected chi connectivity index (χ1v) is 11.9. The predicted molar refractivity (Wildman–Crippen MR) is 126 cm³/mol. The van der Waals surface area contributed by atoms with Crippen molar-refractivity contribution in [1.82, 2.24) is 9.80 Å². The van der Waals surface area contributed by atoms with Crippen molar-refractivity contribution in [3.05, 3.63) is 58.6 Å². The van der Waals surface area contributed by atoms with Crippen LogP contribution in [0, 0.1) is 5.92 Å². The number of carbonyl (C=O) groups excluding carboxylic acids is 1. The Morgan fingerprint density at radius 2 is 1.85 bits per heavy atom. The number of hydrogen-bond donors (Lipinski definition) is 1. The van der Waals surface area contributed by atoms with E-state index < -0.39 is 17.8 Å². The second-order valence-corrected chi connectivity index (χ2v) is 9.52. The third-order valence-electron chi connectivity index (χ3n) is 6.47. The maximum atomic E-state index is 13.2. The molecule has 2 aliphatic rings. The number of amides is 2. The lowest BCUT2D eigenvalue weighted by molar-refractivity contribution is -0.136. The molecule has 0 atom stereocenters. The highest BCUT2D eigenvalue weighted by molar-refractivity contribution is 6.32. The van der Waals surface area contributed by atoms with Crippen LogP contribution in [-0.2, 0) is 12.7 Å². The second kappa shape index (κ2) is 10.4. The molecule has 0 radical (unpaired) electrons. The summed E-state index contributed by atoms with van der Waals surface area (Å²) in [6, 6.07) is 10.3. The molecule has 1 N–H and O–H groups in total. The molecule has 0 unspecified atom stereocenters. The number of alkyl halides is 3. The van der Waals surface area contributed by atoms with Crippen LogP contribution in [-0.4, -0.2) is 48.6 Å². The van der Waals surface area contributed by atoms with Crippen molar-refractivity contribution in [1.29, 1.82) is 0 Å². The smallest absolute Gasteiger partial charge is 0.418 e. The first-order chi connectivity index (χ1) is 16.2. The van der Waals surface area contributed by atoms with Crippen LogP contribution in [0.25, 0.3) is 0 Å². The summed E-state index contributed by atoms with van der Waals surface area (Å²) in [5, 5.41) is 3.03. The quantitative estimate of drug-likeness (QED) is 0.492. The van der Waals surface area contributed by atoms with E-state index in [9.17, 15) is 18.0 Å². The zero-order valence-electron chi connectivity index (χ0n) is 19.1. The minimum absolute atomic E-state index is 0.00644. The fraction of sp³-hybridized carbons (Fsp3) is 0.480. The molecule has 0 bridgehead atoms. The molecule has 2 aromatic rings. The van der Waals surface area contributed by atoms with Gasteiger partial charge in [-0.15, -0.1) is 0 Å². The van der Waals surface area contributed by atoms with Gasteiger partial charge < -0.3 is 15.0 Å². The highest BCUT2D eigenvalue weighted by atomic mass is 35.5. The monoisotopic (exact) mass is 495 g/mol. The minimum atomic E-state index is -4.53. The van der Waals surface area contributed by atoms with Gasteiger partial charge >= 0.3 is 12.2 Å². The van der Waals surface area contributed by atoms with Crippen molar-refractivity contribution in [3.63, 3.8) is 0 Å². The third kappa shape index (κ3) is 5.96. The predicted octanol–water partition coefficient (Wildman–Crippen LogP) is 6.28. The first kappa shape index (κ1) is 24.7. The van der Waals surface area contributed by atoms with Crippen molar-refractivity contribution < 1.29 is 22.7 Å². The van der Waals surface area contributed by atoms with Gasteiger partial charge in [0.2, 0.25) is 0 Å². The number of nitrogens with one attached hydrogen (secondary N) is 1. The van der Waals surface area contributed by atoms with Gasteiger partial charge in [-0.25, -0.2) is 4.79 Å². The Bertz CT molecular complexity index is 1010. The van der Waals surface area contributed by atoms with Crippen LogP contribution in [0.1, 0.15) is 36.8 Å². The molecule has 0 aromatic heterocycles. The number of rotatable bonds is 7. The number of nitrogens with zero attached hydrogens (tertiary/aromatic N) is 2. The van der Waals surface area contributed by atoms with Crippen molar-refractivity contribution in [2.45, 2.75) is 44.5 Å². The summed E-state index contributed by atoms with van der Waals surface area (Å²) < 4.78 is 45.6. The number of urea groups is 1. The van der Waals surface area contributed by atoms with Crippen molar-refractivity contribution in [2.75, 3.05) is 32.0 Å². The number of hydrogen-bond acceptors (Lipinski definition) is 3. The van der Waals surface area contributed by atoms with Crippen molar-refractivity contribution in [3.8, 4) is 5.75 Å². The molecule has 5 nitrogen and oxygen atoms in total. The van der Waals surface area contributed by atoms with Crippen LogP contribution in [0.3, 0.4) is 0 Å². The van der Waals surface area contributed by atoms with Crippen LogP contribution < -0.4 is 10.1 Å². The van der Waals surface area contributed by atoms with E-state index in [4.69, 9.17) is 16.3 Å². The number of likely N-dealkylation sites (tertiary alicyclic amines) is 1. The van der Waals surface area contributed by atoms with E-state index in [1.165, 1.54) is 35.9 Å². The lowest BCUT2D eigenvalue weighted by atomic mass is 9.82. The van der Waals surface area contributed by atoms with Crippen molar-refractivity contribution in [2.24, 2.45) is 5.92 Å². The Hall–Kier alpha value is -2.45. The molecule has 2 fully saturated rings. The molecule has 34 heavy (non-hydrogen) atoms. The summed E-state index contributed by atoms with van der Waals surface area (Å²) in [6.07, 6.45) is -0.579. The highest BCUT2D eigenvalue weighted by Crippen LogP contribution is 2.37. The Kier molecular flexibility index (Phi) is 7.57. The van der Waals surface area contributed by atoms with E-state index in [1.807, 2.05) is 18.2 Å². The average Bonchev–Trinajstić information content (AvgIpc) is 3.27. The van der Waals surface area contributed by atoms with Gasteiger partial charge in [0, 0.05) is 20.1 Å². The fourth-order valence-electron chi connectivity index (χ4n) is 4.57. The lowest BCUT2D eigenvalue weighted by Gasteiger charge is -2.37. The number of para-hydroxylation sites is 1. The van der Waals surface area contributed by atoms with Crippen LogP contribution in [0.15, 0.2) is 42.5 Å². The molecule has 4 rings (SSSR count). The van der Waals surface area contributed by atoms with E-state index >= 15 is 0 Å². The summed E-state index contributed by atoms with van der Waals surface area (Å²) in [4.78, 5) is 16.3. The molecule has 2 aromatic carbocycles. The topological polar surface area (TPSA) is 44.8 Å². The van der Waals surface area contributed by atoms with Crippen molar-refractivity contribution >= 4 is 23.3 Å². The van der Waals surface area contributed by atoms with E-state index in [-0.39, 0.29) is 17.7 Å². The maximum Gasteiger partial charge on any atom is 0.418 e. The molecule has 1 saturated carbocycles. The Morgan fingerprint density at radius 3 is 2.56 bits per heavy atom. The average molecular weight is 496 g/mol. The van der Waals surface area contributed by atoms with E-state index in [0.717, 1.165) is 44.1 Å². The van der Waals surface area contributed by atoms with Crippen LogP contribution in [0.2, 0.25) is 5.02 Å². The Balaban J connectivity index is 1.26. The van der Waals surface area contributed by atoms with Crippen LogP contribution in [0.5, 0.6) is 5.75 Å². The number of anilines is 1. The van der Waals surface area contributed by atoms with E-state index in [0.29, 0.717) is 17.3 Å². The van der Waals surface area contributed by atoms with Gasteiger partial charge in [0.1, 0.15) is 5.75 Å². The molecule has 1 aliphatic carbocycles. The molecule has 1 aliphatic heterocycles. The molecule has 2 amide bonds. The second-order valence-electron chi connectivity index (χ2n) is 9.14. The third-order valence-corrected chi connectivity index (χ3v) is 6.90. The van der Waals surface area contributed by atoms with Gasteiger partial charge in [-0.2, -0.15) is 13.2 Å². The number of benzene rings is 2. The number of ether oxygens (including phenoxy) is 1. The molecule has 0 spiro atoms. The van der Waals surface area contributed by atoms with E-state index in [2.05, 4.69) is 10.2 Å². The SMILES string of the molecule is CN(CC1CC(Oc2cccc(CN3CCCC3)c2Cl)C1)C(=O)Nc1ccccc1C(F)(F)F. The van der Waals surface area contributed by atoms with Gasteiger partial charge in [-0.05, 0) is 68.5 Å². The number of carbonyl (C=O) groups is 1. The summed E-state index contributed by atoms with van der Waals surface area (Å²) >= 11 is 6.60. The van der Waals surface area contributed by atoms with Gasteiger partial charge in [0.25, 0.3) is 0 Å².